The summed E-state index contributed by atoms with van der Waals surface area (Å²) in [6.45, 7) is 3.56. The molecule has 16 heteroatoms. The van der Waals surface area contributed by atoms with Crippen LogP contribution in [0.15, 0.2) is 79.0 Å². The van der Waals surface area contributed by atoms with Crippen molar-refractivity contribution < 1.29 is 56.1 Å². The van der Waals surface area contributed by atoms with Gasteiger partial charge >= 0.3 is 24.3 Å². The third kappa shape index (κ3) is 9.13. The van der Waals surface area contributed by atoms with Gasteiger partial charge in [0.25, 0.3) is 11.8 Å². The SMILES string of the molecule is CCOC(=O)C(COC(=O)Oc1ccc(NC(=O)c2ccc(C)nc2-c2ccc(C(F)(F)F)cc2)c(C(=O)N(C)C)c1)(C(=O)OCC)c1ccccn1. The second kappa shape index (κ2) is 16.8. The van der Waals surface area contributed by atoms with Gasteiger partial charge in [-0.15, -0.1) is 0 Å². The molecule has 4 rings (SSSR count). The summed E-state index contributed by atoms with van der Waals surface area (Å²) in [6.07, 6.45) is -4.60. The molecule has 13 nitrogen and oxygen atoms in total. The number of amides is 2. The van der Waals surface area contributed by atoms with Crippen LogP contribution in [0, 0.1) is 6.92 Å². The Morgan fingerprint density at radius 3 is 2.04 bits per heavy atom. The first-order valence-electron chi connectivity index (χ1n) is 16.0. The molecule has 0 aliphatic rings. The summed E-state index contributed by atoms with van der Waals surface area (Å²) in [7, 11) is 2.90. The van der Waals surface area contributed by atoms with Crippen molar-refractivity contribution in [1.82, 2.24) is 14.9 Å². The Hall–Kier alpha value is -6.32. The summed E-state index contributed by atoms with van der Waals surface area (Å²) in [4.78, 5) is 76.0. The van der Waals surface area contributed by atoms with Crippen LogP contribution in [0.25, 0.3) is 11.3 Å². The number of rotatable bonds is 12. The zero-order chi connectivity index (χ0) is 38.9. The van der Waals surface area contributed by atoms with Gasteiger partial charge in [0.2, 0.25) is 5.41 Å². The fourth-order valence-corrected chi connectivity index (χ4v) is 4.98. The van der Waals surface area contributed by atoms with E-state index in [0.29, 0.717) is 5.69 Å². The first-order valence-corrected chi connectivity index (χ1v) is 16.0. The highest BCUT2D eigenvalue weighted by atomic mass is 19.4. The van der Waals surface area contributed by atoms with Crippen molar-refractivity contribution in [3.63, 3.8) is 0 Å². The van der Waals surface area contributed by atoms with Gasteiger partial charge in [-0.2, -0.15) is 13.2 Å². The number of esters is 2. The number of ether oxygens (including phenoxy) is 4. The number of hydrogen-bond acceptors (Lipinski definition) is 11. The summed E-state index contributed by atoms with van der Waals surface area (Å²) in [5.74, 6) is -3.71. The average Bonchev–Trinajstić information content (AvgIpc) is 3.12. The molecule has 278 valence electrons. The van der Waals surface area contributed by atoms with Crippen molar-refractivity contribution in [2.24, 2.45) is 0 Å². The second-order valence-electron chi connectivity index (χ2n) is 11.5. The number of carbonyl (C=O) groups excluding carboxylic acids is 5. The maximum absolute atomic E-state index is 13.6. The van der Waals surface area contributed by atoms with Crippen molar-refractivity contribution in [2.45, 2.75) is 32.4 Å². The Balaban J connectivity index is 1.62. The predicted molar refractivity (Wildman–Crippen MR) is 183 cm³/mol. The van der Waals surface area contributed by atoms with Gasteiger partial charge < -0.3 is 29.2 Å². The number of carbonyl (C=O) groups is 5. The molecule has 2 amide bonds. The lowest BCUT2D eigenvalue weighted by Crippen LogP contribution is -2.51. The van der Waals surface area contributed by atoms with Crippen LogP contribution in [0.2, 0.25) is 0 Å². The molecule has 2 aromatic carbocycles. The summed E-state index contributed by atoms with van der Waals surface area (Å²) < 4.78 is 60.4. The molecule has 0 radical (unpaired) electrons. The highest BCUT2D eigenvalue weighted by Crippen LogP contribution is 2.33. The van der Waals surface area contributed by atoms with E-state index in [2.05, 4.69) is 15.3 Å². The predicted octanol–water partition coefficient (Wildman–Crippen LogP) is 6.00. The lowest BCUT2D eigenvalue weighted by molar-refractivity contribution is -0.167. The van der Waals surface area contributed by atoms with Crippen LogP contribution in [-0.4, -0.2) is 78.7 Å². The van der Waals surface area contributed by atoms with E-state index in [1.807, 2.05) is 0 Å². The van der Waals surface area contributed by atoms with Gasteiger partial charge in [-0.25, -0.2) is 4.79 Å². The van der Waals surface area contributed by atoms with Crippen LogP contribution >= 0.6 is 0 Å². The summed E-state index contributed by atoms with van der Waals surface area (Å²) in [5.41, 5.74) is -2.55. The Bertz CT molecular complexity index is 1970. The molecule has 0 aliphatic heterocycles. The maximum atomic E-state index is 13.6. The zero-order valence-corrected chi connectivity index (χ0v) is 29.3. The Labute approximate surface area is 302 Å². The fraction of sp³-hybridized carbons (Fsp3) is 0.270. The second-order valence-corrected chi connectivity index (χ2v) is 11.5. The van der Waals surface area contributed by atoms with Crippen LogP contribution in [0.5, 0.6) is 5.75 Å². The van der Waals surface area contributed by atoms with E-state index in [0.717, 1.165) is 18.2 Å². The molecule has 0 bridgehead atoms. The van der Waals surface area contributed by atoms with Crippen LogP contribution in [0.4, 0.5) is 23.7 Å². The fourth-order valence-electron chi connectivity index (χ4n) is 4.98. The topological polar surface area (TPSA) is 163 Å². The monoisotopic (exact) mass is 736 g/mol. The molecule has 1 N–H and O–H groups in total. The molecule has 53 heavy (non-hydrogen) atoms. The van der Waals surface area contributed by atoms with Crippen molar-refractivity contribution >= 4 is 35.6 Å². The van der Waals surface area contributed by atoms with Crippen molar-refractivity contribution in [3.05, 3.63) is 107 Å². The number of benzene rings is 2. The van der Waals surface area contributed by atoms with Crippen molar-refractivity contribution in [2.75, 3.05) is 39.2 Å². The molecule has 0 atom stereocenters. The van der Waals surface area contributed by atoms with E-state index >= 15 is 0 Å². The molecule has 2 heterocycles. The minimum absolute atomic E-state index is 0.00195. The normalized spacial score (nSPS) is 11.2. The van der Waals surface area contributed by atoms with Gasteiger partial charge in [0.15, 0.2) is 0 Å². The molecule has 0 fully saturated rings. The number of anilines is 1. The van der Waals surface area contributed by atoms with Gasteiger partial charge in [0.05, 0.1) is 47.0 Å². The quantitative estimate of drug-likeness (QED) is 0.0785. The molecular formula is C37H35F3N4O9. The Morgan fingerprint density at radius 1 is 0.811 bits per heavy atom. The van der Waals surface area contributed by atoms with Crippen LogP contribution in [0.3, 0.4) is 0 Å². The highest BCUT2D eigenvalue weighted by Gasteiger charge is 2.53. The smallest absolute Gasteiger partial charge is 0.465 e. The third-order valence-corrected chi connectivity index (χ3v) is 7.60. The van der Waals surface area contributed by atoms with Crippen molar-refractivity contribution in [3.8, 4) is 17.0 Å². The van der Waals surface area contributed by atoms with Gasteiger partial charge in [-0.3, -0.25) is 29.1 Å². The van der Waals surface area contributed by atoms with Gasteiger partial charge in [0.1, 0.15) is 12.4 Å². The van der Waals surface area contributed by atoms with Gasteiger partial charge in [-0.05, 0) is 75.4 Å². The number of nitrogens with zero attached hydrogens (tertiary/aromatic N) is 3. The number of aromatic nitrogens is 2. The van der Waals surface area contributed by atoms with Crippen LogP contribution in [-0.2, 0) is 35.4 Å². The molecule has 0 spiro atoms. The average molecular weight is 737 g/mol. The first-order chi connectivity index (χ1) is 25.1. The van der Waals surface area contributed by atoms with E-state index in [4.69, 9.17) is 18.9 Å². The number of hydrogen-bond donors (Lipinski definition) is 1. The summed E-state index contributed by atoms with van der Waals surface area (Å²) in [6, 6.07) is 15.3. The minimum Gasteiger partial charge on any atom is -0.465 e. The van der Waals surface area contributed by atoms with Gasteiger partial charge in [-0.1, -0.05) is 18.2 Å². The lowest BCUT2D eigenvalue weighted by Gasteiger charge is -2.27. The third-order valence-electron chi connectivity index (χ3n) is 7.60. The van der Waals surface area contributed by atoms with E-state index in [1.54, 1.807) is 19.1 Å². The number of pyridine rings is 2. The standard InChI is InChI=1S/C37H35F3N4O9/c1-6-50-33(47)36(34(48)51-7-2,29-10-8-9-19-41-29)21-52-35(49)53-25-16-18-28(27(20-25)32(46)44(4)5)43-31(45)26-17-11-22(3)42-30(26)23-12-14-24(15-13-23)37(38,39)40/h8-20H,6-7,21H2,1-5H3,(H,43,45). The summed E-state index contributed by atoms with van der Waals surface area (Å²) in [5, 5.41) is 2.63. The zero-order valence-electron chi connectivity index (χ0n) is 29.3. The number of nitrogens with one attached hydrogen (secondary N) is 1. The highest BCUT2D eigenvalue weighted by molar-refractivity contribution is 6.11. The molecule has 4 aromatic rings. The summed E-state index contributed by atoms with van der Waals surface area (Å²) >= 11 is 0. The minimum atomic E-state index is -4.56. The number of aryl methyl sites for hydroxylation is 1. The molecule has 0 unspecified atom stereocenters. The van der Waals surface area contributed by atoms with Crippen LogP contribution in [0.1, 0.15) is 51.5 Å². The molecule has 0 saturated heterocycles. The Morgan fingerprint density at radius 2 is 1.47 bits per heavy atom. The largest absolute Gasteiger partial charge is 0.513 e. The van der Waals surface area contributed by atoms with E-state index in [1.165, 1.54) is 81.5 Å². The number of halogens is 3. The molecular weight excluding hydrogens is 701 g/mol. The van der Waals surface area contributed by atoms with Crippen molar-refractivity contribution in [1.29, 1.82) is 0 Å². The van der Waals surface area contributed by atoms with Crippen LogP contribution < -0.4 is 10.1 Å². The van der Waals surface area contributed by atoms with E-state index in [-0.39, 0.29) is 52.7 Å². The van der Waals surface area contributed by atoms with Gasteiger partial charge in [0, 0.05) is 31.5 Å². The molecule has 0 aliphatic carbocycles. The number of alkyl halides is 3. The Kier molecular flexibility index (Phi) is 12.5. The van der Waals surface area contributed by atoms with E-state index in [9.17, 15) is 37.1 Å². The first kappa shape index (κ1) is 39.5. The molecule has 2 aromatic heterocycles. The van der Waals surface area contributed by atoms with E-state index < -0.39 is 53.7 Å². The molecule has 0 saturated carbocycles. The lowest BCUT2D eigenvalue weighted by atomic mass is 9.84. The maximum Gasteiger partial charge on any atom is 0.513 e.